The Morgan fingerprint density at radius 3 is 2.25 bits per heavy atom. The number of halogens is 2. The smallest absolute Gasteiger partial charge is 0.256 e. The fourth-order valence-corrected chi connectivity index (χ4v) is 2.83. The van der Waals surface area contributed by atoms with Crippen LogP contribution in [0.2, 0.25) is 0 Å². The zero-order valence-corrected chi connectivity index (χ0v) is 14.8. The molecule has 5 heteroatoms. The highest BCUT2D eigenvalue weighted by Crippen LogP contribution is 2.24. The van der Waals surface area contributed by atoms with Crippen LogP contribution in [0.25, 0.3) is 11.1 Å². The molecule has 3 nitrogen and oxygen atoms in total. The molecule has 0 atom stereocenters. The lowest BCUT2D eigenvalue weighted by molar-refractivity contribution is 0.0731. The van der Waals surface area contributed by atoms with E-state index in [0.717, 1.165) is 24.2 Å². The van der Waals surface area contributed by atoms with Gasteiger partial charge in [0.2, 0.25) is 0 Å². The van der Waals surface area contributed by atoms with Crippen molar-refractivity contribution in [1.82, 2.24) is 10.2 Å². The topological polar surface area (TPSA) is 32.3 Å². The summed E-state index contributed by atoms with van der Waals surface area (Å²) in [6.45, 7) is 6.85. The van der Waals surface area contributed by atoms with E-state index in [9.17, 15) is 9.18 Å². The monoisotopic (exact) mass is 348 g/mol. The predicted octanol–water partition coefficient (Wildman–Crippen LogP) is 3.58. The molecule has 0 aromatic heterocycles. The largest absolute Gasteiger partial charge is 0.336 e. The molecule has 1 aliphatic rings. The molecule has 2 aromatic rings. The molecule has 0 saturated carbocycles. The number of piperazine rings is 1. The van der Waals surface area contributed by atoms with Crippen molar-refractivity contribution < 1.29 is 9.18 Å². The van der Waals surface area contributed by atoms with Crippen LogP contribution in [-0.2, 0) is 0 Å². The highest BCUT2D eigenvalue weighted by Gasteiger charge is 2.21. The summed E-state index contributed by atoms with van der Waals surface area (Å²) in [7, 11) is 0. The van der Waals surface area contributed by atoms with Gasteiger partial charge in [-0.2, -0.15) is 0 Å². The van der Waals surface area contributed by atoms with Gasteiger partial charge in [0.25, 0.3) is 5.91 Å². The van der Waals surface area contributed by atoms with Crippen LogP contribution in [0.15, 0.2) is 36.4 Å². The second kappa shape index (κ2) is 7.77. The lowest BCUT2D eigenvalue weighted by atomic mass is 9.99. The van der Waals surface area contributed by atoms with Gasteiger partial charge in [0.15, 0.2) is 0 Å². The molecule has 0 radical (unpaired) electrons. The van der Waals surface area contributed by atoms with Gasteiger partial charge in [0.05, 0.1) is 5.56 Å². The first-order valence-corrected chi connectivity index (χ1v) is 7.93. The number of nitrogens with one attached hydrogen (secondary N) is 1. The Balaban J connectivity index is 0.00000208. The minimum absolute atomic E-state index is 0. The van der Waals surface area contributed by atoms with Crippen molar-refractivity contribution in [1.29, 1.82) is 0 Å². The molecular formula is C19H22ClFN2O. The summed E-state index contributed by atoms with van der Waals surface area (Å²) >= 11 is 0. The van der Waals surface area contributed by atoms with Crippen LogP contribution in [0.5, 0.6) is 0 Å². The predicted molar refractivity (Wildman–Crippen MR) is 97.3 cm³/mol. The van der Waals surface area contributed by atoms with E-state index < -0.39 is 5.82 Å². The first-order chi connectivity index (χ1) is 11.1. The van der Waals surface area contributed by atoms with Gasteiger partial charge in [-0.1, -0.05) is 24.3 Å². The molecule has 2 aromatic carbocycles. The quantitative estimate of drug-likeness (QED) is 0.899. The van der Waals surface area contributed by atoms with Gasteiger partial charge in [0, 0.05) is 26.2 Å². The molecular weight excluding hydrogens is 327 g/mol. The molecule has 1 aliphatic heterocycles. The summed E-state index contributed by atoms with van der Waals surface area (Å²) < 4.78 is 14.5. The fourth-order valence-electron chi connectivity index (χ4n) is 2.83. The van der Waals surface area contributed by atoms with Crippen molar-refractivity contribution in [3.05, 3.63) is 58.9 Å². The standard InChI is InChI=1S/C19H21FN2O.ClH/c1-13-3-4-15(11-14(13)2)16-5-6-17(18(20)12-16)19(23)22-9-7-21-8-10-22;/h3-6,11-12,21H,7-10H2,1-2H3;1H. The van der Waals surface area contributed by atoms with E-state index in [-0.39, 0.29) is 23.9 Å². The van der Waals surface area contributed by atoms with Gasteiger partial charge in [-0.3, -0.25) is 4.79 Å². The third-order valence-electron chi connectivity index (χ3n) is 4.44. The number of amides is 1. The van der Waals surface area contributed by atoms with Gasteiger partial charge in [-0.05, 0) is 48.2 Å². The second-order valence-electron chi connectivity index (χ2n) is 6.04. The Morgan fingerprint density at radius 1 is 1.00 bits per heavy atom. The lowest BCUT2D eigenvalue weighted by Crippen LogP contribution is -2.46. The molecule has 0 aliphatic carbocycles. The number of benzene rings is 2. The summed E-state index contributed by atoms with van der Waals surface area (Å²) in [5.41, 5.74) is 4.29. The van der Waals surface area contributed by atoms with Gasteiger partial charge in [-0.25, -0.2) is 4.39 Å². The van der Waals surface area contributed by atoms with Crippen molar-refractivity contribution in [3.63, 3.8) is 0 Å². The van der Waals surface area contributed by atoms with E-state index in [0.29, 0.717) is 13.1 Å². The van der Waals surface area contributed by atoms with E-state index in [4.69, 9.17) is 0 Å². The first kappa shape index (κ1) is 18.4. The summed E-state index contributed by atoms with van der Waals surface area (Å²) in [5.74, 6) is -0.681. The number of hydrogen-bond donors (Lipinski definition) is 1. The molecule has 128 valence electrons. The van der Waals surface area contributed by atoms with E-state index in [1.165, 1.54) is 17.2 Å². The van der Waals surface area contributed by atoms with Gasteiger partial charge < -0.3 is 10.2 Å². The molecule has 24 heavy (non-hydrogen) atoms. The summed E-state index contributed by atoms with van der Waals surface area (Å²) in [6, 6.07) is 10.9. The normalized spacial score (nSPS) is 14.2. The number of nitrogens with zero attached hydrogens (tertiary/aromatic N) is 1. The van der Waals surface area contributed by atoms with Crippen LogP contribution in [0, 0.1) is 19.7 Å². The van der Waals surface area contributed by atoms with E-state index in [1.807, 2.05) is 31.2 Å². The maximum Gasteiger partial charge on any atom is 0.256 e. The molecule has 3 rings (SSSR count). The number of hydrogen-bond acceptors (Lipinski definition) is 2. The summed E-state index contributed by atoms with van der Waals surface area (Å²) in [5, 5.41) is 3.19. The van der Waals surface area contributed by atoms with E-state index in [1.54, 1.807) is 11.0 Å². The van der Waals surface area contributed by atoms with Crippen molar-refractivity contribution in [2.45, 2.75) is 13.8 Å². The Hall–Kier alpha value is -1.91. The van der Waals surface area contributed by atoms with Crippen molar-refractivity contribution >= 4 is 18.3 Å². The Morgan fingerprint density at radius 2 is 1.62 bits per heavy atom. The highest BCUT2D eigenvalue weighted by atomic mass is 35.5. The van der Waals surface area contributed by atoms with E-state index in [2.05, 4.69) is 12.2 Å². The maximum absolute atomic E-state index is 14.5. The van der Waals surface area contributed by atoms with E-state index >= 15 is 0 Å². The minimum atomic E-state index is -0.454. The molecule has 1 saturated heterocycles. The molecule has 1 heterocycles. The molecule has 0 unspecified atom stereocenters. The number of carbonyl (C=O) groups is 1. The van der Waals surface area contributed by atoms with Crippen LogP contribution in [-0.4, -0.2) is 37.0 Å². The second-order valence-corrected chi connectivity index (χ2v) is 6.04. The van der Waals surface area contributed by atoms with Gasteiger partial charge >= 0.3 is 0 Å². The zero-order valence-electron chi connectivity index (χ0n) is 13.9. The van der Waals surface area contributed by atoms with Crippen LogP contribution in [0.1, 0.15) is 21.5 Å². The van der Waals surface area contributed by atoms with Gasteiger partial charge in [-0.15, -0.1) is 12.4 Å². The van der Waals surface area contributed by atoms with Crippen molar-refractivity contribution in [2.75, 3.05) is 26.2 Å². The Bertz CT molecular complexity index is 742. The lowest BCUT2D eigenvalue weighted by Gasteiger charge is -2.27. The molecule has 1 N–H and O–H groups in total. The maximum atomic E-state index is 14.5. The average molecular weight is 349 g/mol. The third kappa shape index (κ3) is 3.77. The molecule has 1 fully saturated rings. The number of carbonyl (C=O) groups excluding carboxylic acids is 1. The van der Waals surface area contributed by atoms with Crippen LogP contribution >= 0.6 is 12.4 Å². The first-order valence-electron chi connectivity index (χ1n) is 7.93. The van der Waals surface area contributed by atoms with Crippen LogP contribution < -0.4 is 5.32 Å². The highest BCUT2D eigenvalue weighted by molar-refractivity contribution is 5.95. The number of rotatable bonds is 2. The van der Waals surface area contributed by atoms with Crippen LogP contribution in [0.3, 0.4) is 0 Å². The third-order valence-corrected chi connectivity index (χ3v) is 4.44. The molecule has 0 bridgehead atoms. The molecule has 1 amide bonds. The fraction of sp³-hybridized carbons (Fsp3) is 0.316. The summed E-state index contributed by atoms with van der Waals surface area (Å²) in [6.07, 6.45) is 0. The minimum Gasteiger partial charge on any atom is -0.336 e. The SMILES string of the molecule is Cc1ccc(-c2ccc(C(=O)N3CCNCC3)c(F)c2)cc1C.Cl. The van der Waals surface area contributed by atoms with Gasteiger partial charge in [0.1, 0.15) is 5.82 Å². The van der Waals surface area contributed by atoms with Crippen molar-refractivity contribution in [3.8, 4) is 11.1 Å². The Labute approximate surface area is 148 Å². The Kier molecular flexibility index (Phi) is 5.97. The molecule has 0 spiro atoms. The summed E-state index contributed by atoms with van der Waals surface area (Å²) in [4.78, 5) is 14.1. The van der Waals surface area contributed by atoms with Crippen molar-refractivity contribution in [2.24, 2.45) is 0 Å². The number of aryl methyl sites for hydroxylation is 2. The zero-order chi connectivity index (χ0) is 16.4. The average Bonchev–Trinajstić information content (AvgIpc) is 2.57. The van der Waals surface area contributed by atoms with Crippen LogP contribution in [0.4, 0.5) is 4.39 Å².